The largest absolute Gasteiger partial charge is 0.365 e. The van der Waals surface area contributed by atoms with Gasteiger partial charge in [-0.25, -0.2) is 0 Å². The molecule has 6 nitrogen and oxygen atoms in total. The molecule has 0 N–H and O–H groups in total. The Morgan fingerprint density at radius 2 is 1.59 bits per heavy atom. The second-order valence-electron chi connectivity index (χ2n) is 7.23. The maximum Gasteiger partial charge on any atom is 0.312 e. The summed E-state index contributed by atoms with van der Waals surface area (Å²) in [6.07, 6.45) is -2.03. The van der Waals surface area contributed by atoms with Crippen molar-refractivity contribution in [2.75, 3.05) is 13.7 Å². The predicted octanol–water partition coefficient (Wildman–Crippen LogP) is 3.59. The van der Waals surface area contributed by atoms with Gasteiger partial charge in [0.2, 0.25) is 0 Å². The molecule has 2 aromatic rings. The third kappa shape index (κ3) is 4.10. The first-order valence-corrected chi connectivity index (χ1v) is 10.1. The van der Waals surface area contributed by atoms with Gasteiger partial charge in [-0.05, 0) is 19.4 Å². The van der Waals surface area contributed by atoms with E-state index in [9.17, 15) is 0 Å². The lowest BCUT2D eigenvalue weighted by Gasteiger charge is -2.40. The molecule has 0 radical (unpaired) electrons. The molecule has 0 spiro atoms. The molecule has 2 aliphatic heterocycles. The maximum absolute atomic E-state index is 6.45. The van der Waals surface area contributed by atoms with E-state index in [0.29, 0.717) is 13.2 Å². The molecule has 2 aliphatic rings. The Bertz CT molecular complexity index is 769. The van der Waals surface area contributed by atoms with Crippen molar-refractivity contribution < 1.29 is 28.4 Å². The van der Waals surface area contributed by atoms with Gasteiger partial charge in [0.05, 0.1) is 12.7 Å². The summed E-state index contributed by atoms with van der Waals surface area (Å²) in [5.74, 6) is -1.29. The van der Waals surface area contributed by atoms with Crippen LogP contribution in [0.1, 0.15) is 25.0 Å². The topological polar surface area (TPSA) is 55.4 Å². The average molecular weight is 400 g/mol. The van der Waals surface area contributed by atoms with E-state index >= 15 is 0 Å². The molecule has 2 aromatic carbocycles. The first-order valence-electron chi connectivity index (χ1n) is 10.1. The molecular formula is C23H28O6. The maximum atomic E-state index is 6.45. The van der Waals surface area contributed by atoms with Crippen molar-refractivity contribution in [1.82, 2.24) is 0 Å². The van der Waals surface area contributed by atoms with Crippen LogP contribution in [0.25, 0.3) is 0 Å². The van der Waals surface area contributed by atoms with Gasteiger partial charge in [0.15, 0.2) is 6.29 Å². The van der Waals surface area contributed by atoms with Crippen molar-refractivity contribution in [1.29, 1.82) is 0 Å². The van der Waals surface area contributed by atoms with Gasteiger partial charge in [-0.1, -0.05) is 60.7 Å². The molecule has 2 fully saturated rings. The van der Waals surface area contributed by atoms with Crippen molar-refractivity contribution in [2.45, 2.75) is 57.1 Å². The number of hydrogen-bond acceptors (Lipinski definition) is 6. The lowest BCUT2D eigenvalue weighted by atomic mass is 10.00. The van der Waals surface area contributed by atoms with Crippen molar-refractivity contribution in [3.05, 3.63) is 71.8 Å². The molecule has 0 saturated carbocycles. The van der Waals surface area contributed by atoms with E-state index in [1.807, 2.05) is 74.5 Å². The number of fused-ring (bicyclic) bond motifs is 1. The quantitative estimate of drug-likeness (QED) is 0.708. The van der Waals surface area contributed by atoms with Gasteiger partial charge >= 0.3 is 5.97 Å². The summed E-state index contributed by atoms with van der Waals surface area (Å²) in [4.78, 5) is 0. The van der Waals surface area contributed by atoms with Crippen LogP contribution < -0.4 is 0 Å². The zero-order chi connectivity index (χ0) is 20.3. The second kappa shape index (κ2) is 8.92. The van der Waals surface area contributed by atoms with Crippen LogP contribution in [-0.2, 0) is 41.0 Å². The molecular weight excluding hydrogens is 372 g/mol. The fourth-order valence-electron chi connectivity index (χ4n) is 3.91. The number of ether oxygens (including phenoxy) is 6. The fourth-order valence-corrected chi connectivity index (χ4v) is 3.91. The Morgan fingerprint density at radius 1 is 0.931 bits per heavy atom. The molecule has 29 heavy (non-hydrogen) atoms. The van der Waals surface area contributed by atoms with Crippen molar-refractivity contribution in [3.8, 4) is 0 Å². The van der Waals surface area contributed by atoms with Gasteiger partial charge in [0, 0.05) is 19.3 Å². The highest BCUT2D eigenvalue weighted by Gasteiger charge is 2.59. The van der Waals surface area contributed by atoms with E-state index in [1.54, 1.807) is 7.11 Å². The van der Waals surface area contributed by atoms with E-state index in [-0.39, 0.29) is 12.2 Å². The molecule has 1 unspecified atom stereocenters. The van der Waals surface area contributed by atoms with Crippen molar-refractivity contribution >= 4 is 0 Å². The van der Waals surface area contributed by atoms with Gasteiger partial charge in [0.25, 0.3) is 0 Å². The van der Waals surface area contributed by atoms with E-state index in [0.717, 1.165) is 11.1 Å². The third-order valence-corrected chi connectivity index (χ3v) is 5.29. The first-order chi connectivity index (χ1) is 14.2. The normalized spacial score (nSPS) is 34.1. The zero-order valence-electron chi connectivity index (χ0n) is 17.0. The van der Waals surface area contributed by atoms with Gasteiger partial charge in [0.1, 0.15) is 18.3 Å². The first kappa shape index (κ1) is 20.5. The van der Waals surface area contributed by atoms with Gasteiger partial charge < -0.3 is 28.4 Å². The SMILES string of the molecule is CCOC1(c2ccccc2)O[C@H]2[C@H](OCc3ccccc3)[C@@H](OC)O[C@@H](C)[C@H]2O1. The van der Waals surface area contributed by atoms with E-state index < -0.39 is 24.5 Å². The molecule has 156 valence electrons. The lowest BCUT2D eigenvalue weighted by Crippen LogP contribution is -2.56. The van der Waals surface area contributed by atoms with Crippen LogP contribution in [0.15, 0.2) is 60.7 Å². The van der Waals surface area contributed by atoms with E-state index in [2.05, 4.69) is 0 Å². The molecule has 4 rings (SSSR count). The smallest absolute Gasteiger partial charge is 0.312 e. The number of methoxy groups -OCH3 is 1. The Hall–Kier alpha value is -1.80. The second-order valence-corrected chi connectivity index (χ2v) is 7.23. The van der Waals surface area contributed by atoms with Crippen molar-refractivity contribution in [3.63, 3.8) is 0 Å². The highest BCUT2D eigenvalue weighted by Crippen LogP contribution is 2.45. The summed E-state index contributed by atoms with van der Waals surface area (Å²) >= 11 is 0. The highest BCUT2D eigenvalue weighted by molar-refractivity contribution is 5.20. The predicted molar refractivity (Wildman–Crippen MR) is 106 cm³/mol. The van der Waals surface area contributed by atoms with Gasteiger partial charge in [-0.15, -0.1) is 0 Å². The Labute approximate surface area is 171 Å². The molecule has 0 amide bonds. The highest BCUT2D eigenvalue weighted by atomic mass is 16.9. The molecule has 0 aliphatic carbocycles. The summed E-state index contributed by atoms with van der Waals surface area (Å²) in [6, 6.07) is 19.7. The molecule has 2 heterocycles. The third-order valence-electron chi connectivity index (χ3n) is 5.29. The standard InChI is InChI=1S/C23H28O6/c1-4-26-23(18-13-9-6-10-14-18)28-19-16(2)27-22(24-3)21(20(19)29-23)25-15-17-11-7-5-8-12-17/h5-14,16,19-22H,4,15H2,1-3H3/t16-,19+,20+,21-,22-,23?/m0/s1. The lowest BCUT2D eigenvalue weighted by molar-refractivity contribution is -0.355. The minimum absolute atomic E-state index is 0.243. The number of hydrogen-bond donors (Lipinski definition) is 0. The van der Waals surface area contributed by atoms with Crippen LogP contribution in [0, 0.1) is 0 Å². The Morgan fingerprint density at radius 3 is 2.24 bits per heavy atom. The minimum atomic E-state index is -1.29. The Kier molecular flexibility index (Phi) is 6.29. The average Bonchev–Trinajstić information content (AvgIpc) is 3.16. The number of benzene rings is 2. The van der Waals surface area contributed by atoms with Gasteiger partial charge in [-0.3, -0.25) is 0 Å². The molecule has 0 aromatic heterocycles. The molecule has 6 heteroatoms. The summed E-state index contributed by atoms with van der Waals surface area (Å²) in [7, 11) is 1.61. The summed E-state index contributed by atoms with van der Waals surface area (Å²) in [6.45, 7) is 4.73. The van der Waals surface area contributed by atoms with E-state index in [4.69, 9.17) is 28.4 Å². The molecule has 2 saturated heterocycles. The van der Waals surface area contributed by atoms with Crippen LogP contribution in [-0.4, -0.2) is 44.4 Å². The van der Waals surface area contributed by atoms with Crippen LogP contribution in [0.5, 0.6) is 0 Å². The van der Waals surface area contributed by atoms with Crippen LogP contribution >= 0.6 is 0 Å². The number of rotatable bonds is 7. The molecule has 0 bridgehead atoms. The zero-order valence-corrected chi connectivity index (χ0v) is 17.0. The van der Waals surface area contributed by atoms with Crippen LogP contribution in [0.2, 0.25) is 0 Å². The van der Waals surface area contributed by atoms with Crippen molar-refractivity contribution in [2.24, 2.45) is 0 Å². The summed E-state index contributed by atoms with van der Waals surface area (Å²) in [5.41, 5.74) is 1.87. The minimum Gasteiger partial charge on any atom is -0.365 e. The summed E-state index contributed by atoms with van der Waals surface area (Å²) < 4.78 is 36.7. The monoisotopic (exact) mass is 400 g/mol. The van der Waals surface area contributed by atoms with E-state index in [1.165, 1.54) is 0 Å². The fraction of sp³-hybridized carbons (Fsp3) is 0.478. The summed E-state index contributed by atoms with van der Waals surface area (Å²) in [5, 5.41) is 0. The van der Waals surface area contributed by atoms with Crippen LogP contribution in [0.3, 0.4) is 0 Å². The van der Waals surface area contributed by atoms with Crippen LogP contribution in [0.4, 0.5) is 0 Å². The molecule has 6 atom stereocenters. The Balaban J connectivity index is 1.60. The van der Waals surface area contributed by atoms with Gasteiger partial charge in [-0.2, -0.15) is 0 Å².